The Hall–Kier alpha value is -1.88. The number of aliphatic hydroxyl groups is 1. The van der Waals surface area contributed by atoms with E-state index in [-0.39, 0.29) is 6.10 Å². The highest BCUT2D eigenvalue weighted by Gasteiger charge is 2.21. The summed E-state index contributed by atoms with van der Waals surface area (Å²) in [5.41, 5.74) is 2.33. The molecule has 1 heterocycles. The molecule has 0 spiro atoms. The highest BCUT2D eigenvalue weighted by atomic mass is 16.5. The van der Waals surface area contributed by atoms with Gasteiger partial charge in [-0.2, -0.15) is 0 Å². The number of hydrogen-bond donors (Lipinski definition) is 1. The smallest absolute Gasteiger partial charge is 0.122 e. The average Bonchev–Trinajstić information content (AvgIpc) is 3.15. The van der Waals surface area contributed by atoms with Crippen LogP contribution in [0.4, 0.5) is 0 Å². The van der Waals surface area contributed by atoms with Crippen LogP contribution in [0.3, 0.4) is 0 Å². The normalized spacial score (nSPS) is 18.2. The average molecular weight is 355 g/mol. The summed E-state index contributed by atoms with van der Waals surface area (Å²) in [6.45, 7) is 5.38. The Labute approximate surface area is 156 Å². The zero-order valence-electron chi connectivity index (χ0n) is 15.5. The fourth-order valence-electron chi connectivity index (χ4n) is 3.38. The topological polar surface area (TPSA) is 41.9 Å². The maximum Gasteiger partial charge on any atom is 0.122 e. The zero-order chi connectivity index (χ0) is 18.2. The molecule has 0 aromatic heterocycles. The van der Waals surface area contributed by atoms with Gasteiger partial charge in [-0.15, -0.1) is 0 Å². The van der Waals surface area contributed by atoms with Crippen LogP contribution in [0.15, 0.2) is 54.6 Å². The van der Waals surface area contributed by atoms with Crippen molar-refractivity contribution >= 4 is 0 Å². The van der Waals surface area contributed by atoms with Crippen molar-refractivity contribution in [3.63, 3.8) is 0 Å². The largest absolute Gasteiger partial charge is 0.491 e. The highest BCUT2D eigenvalue weighted by molar-refractivity contribution is 5.31. The van der Waals surface area contributed by atoms with Crippen molar-refractivity contribution in [2.45, 2.75) is 38.5 Å². The summed E-state index contributed by atoms with van der Waals surface area (Å²) in [6.07, 6.45) is 1.95. The summed E-state index contributed by atoms with van der Waals surface area (Å²) in [4.78, 5) is 2.27. The minimum absolute atomic E-state index is 0.267. The fraction of sp³-hybridized carbons (Fsp3) is 0.455. The maximum absolute atomic E-state index is 10.5. The predicted octanol–water partition coefficient (Wildman–Crippen LogP) is 3.42. The third kappa shape index (κ3) is 5.84. The Kier molecular flexibility index (Phi) is 7.06. The number of benzene rings is 2. The van der Waals surface area contributed by atoms with E-state index in [1.54, 1.807) is 0 Å². The Morgan fingerprint density at radius 2 is 1.92 bits per heavy atom. The lowest BCUT2D eigenvalue weighted by Crippen LogP contribution is -2.39. The lowest BCUT2D eigenvalue weighted by atomic mass is 10.1. The van der Waals surface area contributed by atoms with Gasteiger partial charge in [0.1, 0.15) is 18.5 Å². The first-order chi connectivity index (χ1) is 12.7. The molecule has 3 rings (SSSR count). The Morgan fingerprint density at radius 1 is 1.15 bits per heavy atom. The van der Waals surface area contributed by atoms with Gasteiger partial charge < -0.3 is 14.6 Å². The second kappa shape index (κ2) is 9.72. The molecule has 2 aromatic rings. The predicted molar refractivity (Wildman–Crippen MR) is 103 cm³/mol. The molecule has 0 unspecified atom stereocenters. The fourth-order valence-corrected chi connectivity index (χ4v) is 3.38. The minimum Gasteiger partial charge on any atom is -0.491 e. The van der Waals surface area contributed by atoms with Crippen molar-refractivity contribution < 1.29 is 14.6 Å². The molecule has 0 bridgehead atoms. The standard InChI is InChI=1S/C22H29NO3/c1-18-8-5-6-12-22(18)26-17-20(24)15-23(16-21-11-7-13-25-21)14-19-9-3-2-4-10-19/h2-6,8-10,12,20-21,24H,7,11,13-17H2,1H3/t20-,21-/m1/s1. The van der Waals surface area contributed by atoms with Crippen LogP contribution in [0, 0.1) is 6.92 Å². The second-order valence-corrected chi connectivity index (χ2v) is 7.05. The second-order valence-electron chi connectivity index (χ2n) is 7.05. The molecular weight excluding hydrogens is 326 g/mol. The van der Waals surface area contributed by atoms with E-state index >= 15 is 0 Å². The molecule has 2 atom stereocenters. The molecule has 1 N–H and O–H groups in total. The molecule has 4 nitrogen and oxygen atoms in total. The van der Waals surface area contributed by atoms with Crippen molar-refractivity contribution in [3.05, 3.63) is 65.7 Å². The van der Waals surface area contributed by atoms with Crippen LogP contribution in [0.25, 0.3) is 0 Å². The Balaban J connectivity index is 1.55. The summed E-state index contributed by atoms with van der Waals surface area (Å²) in [6, 6.07) is 18.3. The monoisotopic (exact) mass is 355 g/mol. The quantitative estimate of drug-likeness (QED) is 0.748. The van der Waals surface area contributed by atoms with Crippen molar-refractivity contribution in [3.8, 4) is 5.75 Å². The van der Waals surface area contributed by atoms with Crippen LogP contribution >= 0.6 is 0 Å². The van der Waals surface area contributed by atoms with Crippen molar-refractivity contribution in [2.75, 3.05) is 26.3 Å². The van der Waals surface area contributed by atoms with E-state index in [9.17, 15) is 5.11 Å². The number of rotatable bonds is 9. The molecule has 0 radical (unpaired) electrons. The van der Waals surface area contributed by atoms with Gasteiger partial charge in [0.05, 0.1) is 6.10 Å². The lowest BCUT2D eigenvalue weighted by molar-refractivity contribution is 0.0313. The number of aliphatic hydroxyl groups excluding tert-OH is 1. The van der Waals surface area contributed by atoms with E-state index in [4.69, 9.17) is 9.47 Å². The number of ether oxygens (including phenoxy) is 2. The third-order valence-electron chi connectivity index (χ3n) is 4.73. The molecule has 1 aliphatic heterocycles. The highest BCUT2D eigenvalue weighted by Crippen LogP contribution is 2.18. The number of nitrogens with zero attached hydrogens (tertiary/aromatic N) is 1. The zero-order valence-corrected chi connectivity index (χ0v) is 15.5. The Morgan fingerprint density at radius 3 is 2.65 bits per heavy atom. The summed E-state index contributed by atoms with van der Waals surface area (Å²) in [5.74, 6) is 0.834. The van der Waals surface area contributed by atoms with E-state index < -0.39 is 6.10 Å². The van der Waals surface area contributed by atoms with Crippen LogP contribution in [-0.2, 0) is 11.3 Å². The summed E-state index contributed by atoms with van der Waals surface area (Å²) < 4.78 is 11.6. The van der Waals surface area contributed by atoms with Crippen LogP contribution in [0.5, 0.6) is 5.75 Å². The van der Waals surface area contributed by atoms with Gasteiger partial charge in [0.2, 0.25) is 0 Å². The van der Waals surface area contributed by atoms with E-state index in [2.05, 4.69) is 29.2 Å². The van der Waals surface area contributed by atoms with Crippen LogP contribution in [-0.4, -0.2) is 48.5 Å². The number of aryl methyl sites for hydroxylation is 1. The van der Waals surface area contributed by atoms with Crippen LogP contribution in [0.1, 0.15) is 24.0 Å². The SMILES string of the molecule is Cc1ccccc1OC[C@H](O)CN(Cc1ccccc1)C[C@H]1CCCO1. The van der Waals surface area contributed by atoms with Gasteiger partial charge >= 0.3 is 0 Å². The van der Waals surface area contributed by atoms with Crippen LogP contribution < -0.4 is 4.74 Å². The van der Waals surface area contributed by atoms with Gasteiger partial charge in [-0.3, -0.25) is 4.90 Å². The minimum atomic E-state index is -0.542. The molecular formula is C22H29NO3. The van der Waals surface area contributed by atoms with Crippen molar-refractivity contribution in [2.24, 2.45) is 0 Å². The van der Waals surface area contributed by atoms with E-state index in [0.29, 0.717) is 13.2 Å². The van der Waals surface area contributed by atoms with Gasteiger partial charge in [-0.05, 0) is 37.0 Å². The molecule has 26 heavy (non-hydrogen) atoms. The van der Waals surface area contributed by atoms with Crippen LogP contribution in [0.2, 0.25) is 0 Å². The van der Waals surface area contributed by atoms with Gasteiger partial charge in [0.15, 0.2) is 0 Å². The summed E-state index contributed by atoms with van der Waals surface area (Å²) >= 11 is 0. The molecule has 2 aromatic carbocycles. The van der Waals surface area contributed by atoms with Gasteiger partial charge in [0, 0.05) is 26.2 Å². The molecule has 1 aliphatic rings. The molecule has 0 saturated carbocycles. The first kappa shape index (κ1) is 18.9. The van der Waals surface area contributed by atoms with E-state index in [0.717, 1.165) is 43.9 Å². The molecule has 4 heteroatoms. The number of hydrogen-bond acceptors (Lipinski definition) is 4. The van der Waals surface area contributed by atoms with E-state index in [1.165, 1.54) is 5.56 Å². The third-order valence-corrected chi connectivity index (χ3v) is 4.73. The van der Waals surface area contributed by atoms with Gasteiger partial charge in [-0.1, -0.05) is 48.5 Å². The maximum atomic E-state index is 10.5. The van der Waals surface area contributed by atoms with Crippen molar-refractivity contribution in [1.82, 2.24) is 4.90 Å². The van der Waals surface area contributed by atoms with Gasteiger partial charge in [0.25, 0.3) is 0 Å². The number of para-hydroxylation sites is 1. The molecule has 0 amide bonds. The first-order valence-electron chi connectivity index (χ1n) is 9.45. The molecule has 1 fully saturated rings. The molecule has 0 aliphatic carbocycles. The molecule has 1 saturated heterocycles. The summed E-state index contributed by atoms with van der Waals surface area (Å²) in [7, 11) is 0. The van der Waals surface area contributed by atoms with Gasteiger partial charge in [-0.25, -0.2) is 0 Å². The Bertz CT molecular complexity index is 655. The van der Waals surface area contributed by atoms with E-state index in [1.807, 2.05) is 37.3 Å². The lowest BCUT2D eigenvalue weighted by Gasteiger charge is -2.27. The first-order valence-corrected chi connectivity index (χ1v) is 9.45. The van der Waals surface area contributed by atoms with Crippen molar-refractivity contribution in [1.29, 1.82) is 0 Å². The summed E-state index contributed by atoms with van der Waals surface area (Å²) in [5, 5.41) is 10.5. The molecule has 140 valence electrons.